The smallest absolute Gasteiger partial charge is 0.0745 e. The molecule has 0 radical (unpaired) electrons. The second-order valence-electron chi connectivity index (χ2n) is 4.11. The lowest BCUT2D eigenvalue weighted by Crippen LogP contribution is -2.29. The fraction of sp³-hybridized carbons (Fsp3) is 0.214. The van der Waals surface area contributed by atoms with Crippen molar-refractivity contribution in [1.82, 2.24) is 10.4 Å². The van der Waals surface area contributed by atoms with Crippen LogP contribution in [-0.2, 0) is 0 Å². The zero-order valence-corrected chi connectivity index (χ0v) is 11.7. The molecule has 1 heterocycles. The van der Waals surface area contributed by atoms with Gasteiger partial charge in [0.1, 0.15) is 0 Å². The lowest BCUT2D eigenvalue weighted by atomic mass is 10.00. The molecule has 2 rings (SSSR count). The van der Waals surface area contributed by atoms with E-state index in [1.165, 1.54) is 4.90 Å². The molecule has 5 heteroatoms. The fourth-order valence-electron chi connectivity index (χ4n) is 1.95. The van der Waals surface area contributed by atoms with E-state index in [2.05, 4.69) is 41.6 Å². The Morgan fingerprint density at radius 2 is 2.00 bits per heavy atom. The van der Waals surface area contributed by atoms with Gasteiger partial charge in [-0.05, 0) is 29.5 Å². The molecule has 0 amide bonds. The Hall–Kier alpha value is -1.56. The van der Waals surface area contributed by atoms with Crippen LogP contribution in [0.1, 0.15) is 24.1 Å². The predicted molar refractivity (Wildman–Crippen MR) is 80.7 cm³/mol. The third kappa shape index (κ3) is 3.26. The highest BCUT2D eigenvalue weighted by atomic mass is 32.2. The largest absolute Gasteiger partial charge is 0.398 e. The van der Waals surface area contributed by atoms with Crippen molar-refractivity contribution in [2.24, 2.45) is 5.84 Å². The molecule has 1 aromatic carbocycles. The number of hydrogen-bond donors (Lipinski definition) is 3. The van der Waals surface area contributed by atoms with E-state index < -0.39 is 0 Å². The van der Waals surface area contributed by atoms with Crippen molar-refractivity contribution in [3.8, 4) is 0 Å². The van der Waals surface area contributed by atoms with Crippen LogP contribution in [-0.4, -0.2) is 10.7 Å². The summed E-state index contributed by atoms with van der Waals surface area (Å²) in [5, 5.41) is 0. The fourth-order valence-corrected chi connectivity index (χ4v) is 2.61. The topological polar surface area (TPSA) is 77.0 Å². The summed E-state index contributed by atoms with van der Waals surface area (Å²) in [5.74, 6) is 6.73. The molecule has 100 valence electrons. The van der Waals surface area contributed by atoms with E-state index in [0.29, 0.717) is 5.69 Å². The second kappa shape index (κ2) is 6.56. The zero-order valence-electron chi connectivity index (χ0n) is 10.8. The Labute approximate surface area is 117 Å². The molecule has 0 aliphatic heterocycles. The van der Waals surface area contributed by atoms with Crippen LogP contribution >= 0.6 is 11.8 Å². The molecule has 1 aromatic heterocycles. The minimum Gasteiger partial charge on any atom is -0.398 e. The first kappa shape index (κ1) is 13.9. The second-order valence-corrected chi connectivity index (χ2v) is 5.44. The summed E-state index contributed by atoms with van der Waals surface area (Å²) in [6.07, 6.45) is 3.42. The molecule has 0 fully saturated rings. The molecule has 5 N–H and O–H groups in total. The molecule has 19 heavy (non-hydrogen) atoms. The van der Waals surface area contributed by atoms with Gasteiger partial charge in [0.15, 0.2) is 0 Å². The van der Waals surface area contributed by atoms with E-state index in [-0.39, 0.29) is 6.04 Å². The number of aromatic nitrogens is 1. The molecule has 0 saturated heterocycles. The number of hydrogen-bond acceptors (Lipinski definition) is 5. The number of nitrogens with one attached hydrogen (secondary N) is 1. The lowest BCUT2D eigenvalue weighted by Gasteiger charge is -2.18. The van der Waals surface area contributed by atoms with E-state index >= 15 is 0 Å². The van der Waals surface area contributed by atoms with Crippen LogP contribution in [0.2, 0.25) is 0 Å². The maximum Gasteiger partial charge on any atom is 0.0745 e. The number of pyridine rings is 1. The van der Waals surface area contributed by atoms with E-state index in [0.717, 1.165) is 16.9 Å². The zero-order chi connectivity index (χ0) is 13.7. The van der Waals surface area contributed by atoms with Crippen LogP contribution in [0, 0.1) is 0 Å². The quantitative estimate of drug-likeness (QED) is 0.443. The van der Waals surface area contributed by atoms with Gasteiger partial charge in [-0.1, -0.05) is 19.1 Å². The highest BCUT2D eigenvalue weighted by Gasteiger charge is 2.15. The van der Waals surface area contributed by atoms with Gasteiger partial charge in [-0.3, -0.25) is 10.8 Å². The first-order valence-corrected chi connectivity index (χ1v) is 7.13. The van der Waals surface area contributed by atoms with Crippen LogP contribution in [0.25, 0.3) is 0 Å². The summed E-state index contributed by atoms with van der Waals surface area (Å²) in [4.78, 5) is 5.36. The average Bonchev–Trinajstić information content (AvgIpc) is 2.44. The van der Waals surface area contributed by atoms with E-state index in [1.807, 2.05) is 11.8 Å². The maximum atomic E-state index is 5.97. The van der Waals surface area contributed by atoms with Crippen molar-refractivity contribution >= 4 is 17.4 Å². The van der Waals surface area contributed by atoms with Crippen molar-refractivity contribution in [1.29, 1.82) is 0 Å². The molecule has 4 nitrogen and oxygen atoms in total. The Kier molecular flexibility index (Phi) is 4.79. The van der Waals surface area contributed by atoms with Gasteiger partial charge in [-0.2, -0.15) is 0 Å². The third-order valence-electron chi connectivity index (χ3n) is 2.89. The summed E-state index contributed by atoms with van der Waals surface area (Å²) < 4.78 is 0. The molecule has 2 aromatic rings. The highest BCUT2D eigenvalue weighted by Crippen LogP contribution is 2.27. The molecule has 0 spiro atoms. The average molecular weight is 274 g/mol. The van der Waals surface area contributed by atoms with Crippen molar-refractivity contribution in [3.63, 3.8) is 0 Å². The molecule has 0 saturated carbocycles. The van der Waals surface area contributed by atoms with Crippen LogP contribution in [0.5, 0.6) is 0 Å². The first-order valence-electron chi connectivity index (χ1n) is 6.14. The Morgan fingerprint density at radius 3 is 2.58 bits per heavy atom. The van der Waals surface area contributed by atoms with Gasteiger partial charge in [0.25, 0.3) is 0 Å². The Morgan fingerprint density at radius 1 is 1.26 bits per heavy atom. The number of rotatable bonds is 5. The molecular formula is C14H18N4S. The molecular weight excluding hydrogens is 256 g/mol. The third-order valence-corrected chi connectivity index (χ3v) is 3.78. The number of benzene rings is 1. The monoisotopic (exact) mass is 274 g/mol. The number of hydrazine groups is 1. The van der Waals surface area contributed by atoms with Gasteiger partial charge in [0.2, 0.25) is 0 Å². The molecule has 1 atom stereocenters. The number of nitrogen functional groups attached to an aromatic ring is 1. The molecule has 1 unspecified atom stereocenters. The standard InChI is InChI=1S/C14H18N4S/c1-2-19-11-5-3-10(4-6-11)14(18-16)12-9-17-8-7-13(12)15/h3-9,14,18H,2,16H2,1H3,(H2,15,17). The van der Waals surface area contributed by atoms with Gasteiger partial charge >= 0.3 is 0 Å². The molecule has 0 bridgehead atoms. The van der Waals surface area contributed by atoms with Gasteiger partial charge in [-0.25, -0.2) is 5.43 Å². The number of anilines is 1. The number of nitrogens with zero attached hydrogens (tertiary/aromatic N) is 1. The van der Waals surface area contributed by atoms with E-state index in [1.54, 1.807) is 18.5 Å². The predicted octanol–water partition coefficient (Wildman–Crippen LogP) is 2.33. The normalized spacial score (nSPS) is 12.3. The summed E-state index contributed by atoms with van der Waals surface area (Å²) in [7, 11) is 0. The van der Waals surface area contributed by atoms with Crippen molar-refractivity contribution in [3.05, 3.63) is 53.9 Å². The Bertz CT molecular complexity index is 527. The minimum atomic E-state index is -0.144. The maximum absolute atomic E-state index is 5.97. The van der Waals surface area contributed by atoms with Crippen LogP contribution in [0.4, 0.5) is 5.69 Å². The van der Waals surface area contributed by atoms with Crippen LogP contribution in [0.15, 0.2) is 47.6 Å². The van der Waals surface area contributed by atoms with Crippen molar-refractivity contribution in [2.75, 3.05) is 11.5 Å². The summed E-state index contributed by atoms with van der Waals surface area (Å²) in [6.45, 7) is 2.14. The van der Waals surface area contributed by atoms with Crippen molar-refractivity contribution < 1.29 is 0 Å². The highest BCUT2D eigenvalue weighted by molar-refractivity contribution is 7.99. The minimum absolute atomic E-state index is 0.144. The number of nitrogens with two attached hydrogens (primary N) is 2. The van der Waals surface area contributed by atoms with Crippen LogP contribution in [0.3, 0.4) is 0 Å². The van der Waals surface area contributed by atoms with Gasteiger partial charge in [0, 0.05) is 28.5 Å². The molecule has 0 aliphatic rings. The summed E-state index contributed by atoms with van der Waals surface area (Å²) >= 11 is 1.81. The van der Waals surface area contributed by atoms with Gasteiger partial charge < -0.3 is 5.73 Å². The van der Waals surface area contributed by atoms with Crippen molar-refractivity contribution in [2.45, 2.75) is 17.9 Å². The van der Waals surface area contributed by atoms with E-state index in [9.17, 15) is 0 Å². The van der Waals surface area contributed by atoms with Crippen LogP contribution < -0.4 is 17.0 Å². The Balaban J connectivity index is 2.29. The summed E-state index contributed by atoms with van der Waals surface area (Å²) in [5.41, 5.74) is 11.4. The summed E-state index contributed by atoms with van der Waals surface area (Å²) in [6, 6.07) is 9.96. The first-order chi connectivity index (χ1) is 9.26. The van der Waals surface area contributed by atoms with E-state index in [4.69, 9.17) is 11.6 Å². The lowest BCUT2D eigenvalue weighted by molar-refractivity contribution is 0.636. The number of thioether (sulfide) groups is 1. The van der Waals surface area contributed by atoms with Gasteiger partial charge in [0.05, 0.1) is 6.04 Å². The SMILES string of the molecule is CCSc1ccc(C(NN)c2cnccc2N)cc1. The molecule has 0 aliphatic carbocycles. The van der Waals surface area contributed by atoms with Gasteiger partial charge in [-0.15, -0.1) is 11.8 Å².